The van der Waals surface area contributed by atoms with Crippen LogP contribution in [-0.2, 0) is 0 Å². The molecule has 25 heavy (non-hydrogen) atoms. The molecular weight excluding hydrogens is 311 g/mol. The fourth-order valence-corrected chi connectivity index (χ4v) is 2.88. The smallest absolute Gasteiger partial charge is 0.421 e. The van der Waals surface area contributed by atoms with Gasteiger partial charge in [-0.3, -0.25) is 0 Å². The number of aromatic nitrogens is 2. The molecule has 0 aliphatic heterocycles. The highest BCUT2D eigenvalue weighted by molar-refractivity contribution is 6.56. The van der Waals surface area contributed by atoms with Crippen LogP contribution in [-0.4, -0.2) is 27.1 Å². The van der Waals surface area contributed by atoms with Crippen molar-refractivity contribution in [3.05, 3.63) is 78.9 Å². The van der Waals surface area contributed by atoms with Gasteiger partial charge in [-0.25, -0.2) is 9.97 Å². The molecule has 3 aromatic carbocycles. The molecule has 0 aliphatic carbocycles. The first-order valence-electron chi connectivity index (χ1n) is 8.01. The van der Waals surface area contributed by atoms with Crippen molar-refractivity contribution in [1.29, 1.82) is 0 Å². The molecule has 1 heterocycles. The zero-order chi connectivity index (χ0) is 17.2. The predicted octanol–water partition coefficient (Wildman–Crippen LogP) is 2.64. The minimum atomic E-state index is -1.70. The van der Waals surface area contributed by atoms with Gasteiger partial charge in [-0.05, 0) is 17.2 Å². The maximum Gasteiger partial charge on any atom is 0.528 e. The first-order chi connectivity index (χ1) is 12.2. The lowest BCUT2D eigenvalue weighted by Gasteiger charge is -2.09. The van der Waals surface area contributed by atoms with E-state index in [1.165, 1.54) is 0 Å². The van der Waals surface area contributed by atoms with E-state index in [0.717, 1.165) is 22.1 Å². The van der Waals surface area contributed by atoms with Crippen LogP contribution in [0.3, 0.4) is 0 Å². The van der Waals surface area contributed by atoms with Gasteiger partial charge in [-0.2, -0.15) is 0 Å². The molecule has 4 nitrogen and oxygen atoms in total. The Morgan fingerprint density at radius 1 is 0.600 bits per heavy atom. The lowest BCUT2D eigenvalue weighted by Crippen LogP contribution is -2.35. The highest BCUT2D eigenvalue weighted by atomic mass is 16.4. The summed E-state index contributed by atoms with van der Waals surface area (Å²) in [7, 11) is -1.70. The van der Waals surface area contributed by atoms with E-state index in [1.807, 2.05) is 66.7 Å². The summed E-state index contributed by atoms with van der Waals surface area (Å²) in [6.45, 7) is 0. The quantitative estimate of drug-likeness (QED) is 0.568. The van der Waals surface area contributed by atoms with Crippen molar-refractivity contribution in [2.45, 2.75) is 0 Å². The van der Waals surface area contributed by atoms with Crippen molar-refractivity contribution in [3.8, 4) is 22.4 Å². The summed E-state index contributed by atoms with van der Waals surface area (Å²) < 4.78 is 0. The monoisotopic (exact) mass is 326 g/mol. The van der Waals surface area contributed by atoms with Crippen LogP contribution in [0.1, 0.15) is 0 Å². The number of hydrogen-bond acceptors (Lipinski definition) is 4. The Morgan fingerprint density at radius 2 is 1.20 bits per heavy atom. The van der Waals surface area contributed by atoms with Crippen LogP contribution in [0.2, 0.25) is 0 Å². The van der Waals surface area contributed by atoms with Crippen LogP contribution in [0.4, 0.5) is 0 Å². The maximum absolute atomic E-state index is 9.48. The molecule has 5 heteroatoms. The summed E-state index contributed by atoms with van der Waals surface area (Å²) in [6, 6.07) is 25.8. The van der Waals surface area contributed by atoms with Gasteiger partial charge in [0, 0.05) is 10.9 Å². The van der Waals surface area contributed by atoms with Gasteiger partial charge in [-0.15, -0.1) is 0 Å². The zero-order valence-electron chi connectivity index (χ0n) is 13.4. The minimum Gasteiger partial charge on any atom is -0.421 e. The largest absolute Gasteiger partial charge is 0.528 e. The van der Waals surface area contributed by atoms with Crippen LogP contribution in [0, 0.1) is 0 Å². The van der Waals surface area contributed by atoms with Crippen LogP contribution in [0.5, 0.6) is 0 Å². The molecular formula is C20H15BN2O2. The lowest BCUT2D eigenvalue weighted by atomic mass is 9.89. The molecule has 0 amide bonds. The predicted molar refractivity (Wildman–Crippen MR) is 100 cm³/mol. The number of rotatable bonds is 3. The van der Waals surface area contributed by atoms with Crippen molar-refractivity contribution in [2.24, 2.45) is 0 Å². The van der Waals surface area contributed by atoms with E-state index in [4.69, 9.17) is 0 Å². The van der Waals surface area contributed by atoms with Gasteiger partial charge in [0.15, 0.2) is 5.72 Å². The Hall–Kier alpha value is -3.02. The zero-order valence-corrected chi connectivity index (χ0v) is 13.4. The van der Waals surface area contributed by atoms with Gasteiger partial charge in [0.05, 0.1) is 11.2 Å². The molecule has 0 radical (unpaired) electrons. The van der Waals surface area contributed by atoms with Crippen molar-refractivity contribution >= 4 is 23.7 Å². The molecule has 1 aromatic heterocycles. The van der Waals surface area contributed by atoms with Gasteiger partial charge in [0.25, 0.3) is 0 Å². The molecule has 2 N–H and O–H groups in total. The molecule has 0 aliphatic rings. The van der Waals surface area contributed by atoms with E-state index < -0.39 is 7.12 Å². The molecule has 0 fully saturated rings. The molecule has 0 saturated heterocycles. The summed E-state index contributed by atoms with van der Waals surface area (Å²) >= 11 is 0. The van der Waals surface area contributed by atoms with E-state index in [2.05, 4.69) is 22.1 Å². The van der Waals surface area contributed by atoms with Crippen molar-refractivity contribution in [3.63, 3.8) is 0 Å². The summed E-state index contributed by atoms with van der Waals surface area (Å²) in [5, 5.41) is 19.8. The Balaban J connectivity index is 1.84. The van der Waals surface area contributed by atoms with Crippen molar-refractivity contribution < 1.29 is 10.0 Å². The standard InChI is InChI=1S/C20H15BN2O2/c24-21(25)20-22-18-9-5-4-8-17(18)19(23-20)16-12-10-15(11-13-16)14-6-2-1-3-7-14/h1-13,24-25H. The molecule has 0 unspecified atom stereocenters. The summed E-state index contributed by atoms with van der Waals surface area (Å²) in [5.74, 6) is 0. The SMILES string of the molecule is OB(O)c1nc(-c2ccc(-c3ccccc3)cc2)c2ccccc2n1. The van der Waals surface area contributed by atoms with Gasteiger partial charge < -0.3 is 10.0 Å². The number of benzene rings is 3. The van der Waals surface area contributed by atoms with Gasteiger partial charge >= 0.3 is 7.12 Å². The molecule has 4 rings (SSSR count). The molecule has 0 bridgehead atoms. The fourth-order valence-electron chi connectivity index (χ4n) is 2.88. The first kappa shape index (κ1) is 15.5. The third-order valence-electron chi connectivity index (χ3n) is 4.12. The van der Waals surface area contributed by atoms with Gasteiger partial charge in [0.2, 0.25) is 0 Å². The number of hydrogen-bond donors (Lipinski definition) is 2. The first-order valence-corrected chi connectivity index (χ1v) is 8.01. The summed E-state index contributed by atoms with van der Waals surface area (Å²) in [6.07, 6.45) is 0. The lowest BCUT2D eigenvalue weighted by molar-refractivity contribution is 0.422. The second-order valence-corrected chi connectivity index (χ2v) is 5.76. The highest BCUT2D eigenvalue weighted by Gasteiger charge is 2.18. The Kier molecular flexibility index (Phi) is 4.02. The highest BCUT2D eigenvalue weighted by Crippen LogP contribution is 2.27. The van der Waals surface area contributed by atoms with Crippen molar-refractivity contribution in [2.75, 3.05) is 0 Å². The average Bonchev–Trinajstić information content (AvgIpc) is 2.68. The van der Waals surface area contributed by atoms with E-state index in [9.17, 15) is 10.0 Å². The third kappa shape index (κ3) is 3.03. The second-order valence-electron chi connectivity index (χ2n) is 5.76. The maximum atomic E-state index is 9.48. The third-order valence-corrected chi connectivity index (χ3v) is 4.12. The number of nitrogens with zero attached hydrogens (tertiary/aromatic N) is 2. The van der Waals surface area contributed by atoms with Crippen LogP contribution in [0.25, 0.3) is 33.3 Å². The normalized spacial score (nSPS) is 10.8. The van der Waals surface area contributed by atoms with E-state index in [1.54, 1.807) is 0 Å². The Bertz CT molecular complexity index is 1020. The van der Waals surface area contributed by atoms with Crippen molar-refractivity contribution in [1.82, 2.24) is 9.97 Å². The molecule has 0 spiro atoms. The Morgan fingerprint density at radius 3 is 1.92 bits per heavy atom. The molecule has 120 valence electrons. The molecule has 4 aromatic rings. The van der Waals surface area contributed by atoms with E-state index in [0.29, 0.717) is 11.2 Å². The molecule has 0 saturated carbocycles. The van der Waals surface area contributed by atoms with E-state index in [-0.39, 0.29) is 5.72 Å². The Labute approximate surface area is 145 Å². The summed E-state index contributed by atoms with van der Waals surface area (Å²) in [5.41, 5.74) is 4.54. The van der Waals surface area contributed by atoms with Crippen LogP contribution >= 0.6 is 0 Å². The minimum absolute atomic E-state index is 0.000774. The molecule has 0 atom stereocenters. The average molecular weight is 326 g/mol. The van der Waals surface area contributed by atoms with Crippen LogP contribution in [0.15, 0.2) is 78.9 Å². The fraction of sp³-hybridized carbons (Fsp3) is 0. The number of para-hydroxylation sites is 1. The van der Waals surface area contributed by atoms with Gasteiger partial charge in [-0.1, -0.05) is 72.8 Å². The van der Waals surface area contributed by atoms with Crippen LogP contribution < -0.4 is 5.72 Å². The van der Waals surface area contributed by atoms with Gasteiger partial charge in [0.1, 0.15) is 0 Å². The number of fused-ring (bicyclic) bond motifs is 1. The second kappa shape index (κ2) is 6.47. The van der Waals surface area contributed by atoms with E-state index >= 15 is 0 Å². The topological polar surface area (TPSA) is 66.2 Å². The summed E-state index contributed by atoms with van der Waals surface area (Å²) in [4.78, 5) is 8.58.